The number of rotatable bonds is 4. The quantitative estimate of drug-likeness (QED) is 0.922. The van der Waals surface area contributed by atoms with E-state index in [4.69, 9.17) is 9.47 Å². The molecular formula is C18H23N5O2. The number of nitrogens with one attached hydrogen (secondary N) is 1. The average Bonchev–Trinajstić information content (AvgIpc) is 3.20. The van der Waals surface area contributed by atoms with Crippen molar-refractivity contribution in [2.45, 2.75) is 56.4 Å². The largest absolute Gasteiger partial charge is 0.382 e. The molecule has 2 aromatic rings. The summed E-state index contributed by atoms with van der Waals surface area (Å²) in [4.78, 5) is 0. The van der Waals surface area contributed by atoms with Gasteiger partial charge in [-0.3, -0.25) is 0 Å². The van der Waals surface area contributed by atoms with Crippen LogP contribution in [0.2, 0.25) is 0 Å². The molecule has 132 valence electrons. The van der Waals surface area contributed by atoms with E-state index in [-0.39, 0.29) is 5.79 Å². The third-order valence-corrected chi connectivity index (χ3v) is 5.46. The molecule has 1 N–H and O–H groups in total. The minimum atomic E-state index is -0.290. The lowest BCUT2D eigenvalue weighted by Crippen LogP contribution is -2.39. The van der Waals surface area contributed by atoms with E-state index in [0.29, 0.717) is 12.1 Å². The smallest absolute Gasteiger partial charge is 0.182 e. The SMILES string of the molecule is c1cc(-c2nnnn2C2CC2)ccc1NC1CCC2(CC1)OCCO2. The van der Waals surface area contributed by atoms with Crippen molar-refractivity contribution in [2.24, 2.45) is 0 Å². The Morgan fingerprint density at radius 1 is 1.00 bits per heavy atom. The molecule has 1 spiro atoms. The van der Waals surface area contributed by atoms with Crippen molar-refractivity contribution < 1.29 is 9.47 Å². The van der Waals surface area contributed by atoms with E-state index in [9.17, 15) is 0 Å². The Morgan fingerprint density at radius 2 is 1.72 bits per heavy atom. The Labute approximate surface area is 146 Å². The van der Waals surface area contributed by atoms with Gasteiger partial charge in [-0.05, 0) is 60.4 Å². The van der Waals surface area contributed by atoms with Crippen molar-refractivity contribution in [2.75, 3.05) is 18.5 Å². The maximum Gasteiger partial charge on any atom is 0.182 e. The molecule has 7 heteroatoms. The Kier molecular flexibility index (Phi) is 3.71. The normalized spacial score (nSPS) is 23.2. The van der Waals surface area contributed by atoms with E-state index >= 15 is 0 Å². The second-order valence-electron chi connectivity index (χ2n) is 7.28. The van der Waals surface area contributed by atoms with Crippen LogP contribution in [-0.4, -0.2) is 45.2 Å². The lowest BCUT2D eigenvalue weighted by atomic mass is 9.90. The van der Waals surface area contributed by atoms with Gasteiger partial charge in [0, 0.05) is 30.1 Å². The predicted octanol–water partition coefficient (Wildman–Crippen LogP) is 2.77. The van der Waals surface area contributed by atoms with Gasteiger partial charge >= 0.3 is 0 Å². The van der Waals surface area contributed by atoms with Crippen LogP contribution in [-0.2, 0) is 9.47 Å². The lowest BCUT2D eigenvalue weighted by molar-refractivity contribution is -0.177. The Hall–Kier alpha value is -1.99. The van der Waals surface area contributed by atoms with Gasteiger partial charge in [0.1, 0.15) is 0 Å². The van der Waals surface area contributed by atoms with Gasteiger partial charge in [0.05, 0.1) is 19.3 Å². The van der Waals surface area contributed by atoms with Crippen LogP contribution < -0.4 is 5.32 Å². The minimum absolute atomic E-state index is 0.290. The highest BCUT2D eigenvalue weighted by Gasteiger charge is 2.40. The van der Waals surface area contributed by atoms with Crippen LogP contribution in [0.5, 0.6) is 0 Å². The third kappa shape index (κ3) is 3.02. The van der Waals surface area contributed by atoms with Gasteiger partial charge in [0.2, 0.25) is 0 Å². The van der Waals surface area contributed by atoms with Gasteiger partial charge in [0.15, 0.2) is 11.6 Å². The second kappa shape index (κ2) is 6.07. The number of tetrazole rings is 1. The molecule has 3 fully saturated rings. The molecule has 2 saturated carbocycles. The zero-order valence-corrected chi connectivity index (χ0v) is 14.2. The predicted molar refractivity (Wildman–Crippen MR) is 92.0 cm³/mol. The number of hydrogen-bond acceptors (Lipinski definition) is 6. The van der Waals surface area contributed by atoms with E-state index in [2.05, 4.69) is 45.1 Å². The van der Waals surface area contributed by atoms with Crippen LogP contribution in [0.15, 0.2) is 24.3 Å². The molecular weight excluding hydrogens is 318 g/mol. The second-order valence-corrected chi connectivity index (χ2v) is 7.28. The van der Waals surface area contributed by atoms with Crippen LogP contribution in [0.4, 0.5) is 5.69 Å². The molecule has 0 amide bonds. The number of anilines is 1. The zero-order valence-electron chi connectivity index (χ0n) is 14.2. The number of ether oxygens (including phenoxy) is 2. The van der Waals surface area contributed by atoms with Gasteiger partial charge in [-0.2, -0.15) is 0 Å². The highest BCUT2D eigenvalue weighted by atomic mass is 16.7. The summed E-state index contributed by atoms with van der Waals surface area (Å²) in [6, 6.07) is 9.39. The molecule has 0 bridgehead atoms. The summed E-state index contributed by atoms with van der Waals surface area (Å²) in [7, 11) is 0. The van der Waals surface area contributed by atoms with Crippen molar-refractivity contribution in [1.29, 1.82) is 0 Å². The van der Waals surface area contributed by atoms with Crippen LogP contribution in [0.3, 0.4) is 0 Å². The Balaban J connectivity index is 1.23. The lowest BCUT2D eigenvalue weighted by Gasteiger charge is -2.36. The average molecular weight is 341 g/mol. The molecule has 7 nitrogen and oxygen atoms in total. The van der Waals surface area contributed by atoms with Crippen molar-refractivity contribution in [1.82, 2.24) is 20.2 Å². The van der Waals surface area contributed by atoms with E-state index in [1.54, 1.807) is 0 Å². The summed E-state index contributed by atoms with van der Waals surface area (Å²) < 4.78 is 13.6. The van der Waals surface area contributed by atoms with Crippen LogP contribution in [0.1, 0.15) is 44.6 Å². The van der Waals surface area contributed by atoms with E-state index in [1.807, 2.05) is 4.68 Å². The number of nitrogens with zero attached hydrogens (tertiary/aromatic N) is 4. The van der Waals surface area contributed by atoms with Crippen molar-refractivity contribution >= 4 is 5.69 Å². The molecule has 1 aliphatic heterocycles. The molecule has 3 aliphatic rings. The molecule has 1 saturated heterocycles. The van der Waals surface area contributed by atoms with E-state index in [0.717, 1.165) is 56.0 Å². The van der Waals surface area contributed by atoms with Crippen LogP contribution in [0, 0.1) is 0 Å². The first-order valence-corrected chi connectivity index (χ1v) is 9.24. The molecule has 25 heavy (non-hydrogen) atoms. The van der Waals surface area contributed by atoms with Crippen LogP contribution in [0.25, 0.3) is 11.4 Å². The van der Waals surface area contributed by atoms with E-state index < -0.39 is 0 Å². The zero-order chi connectivity index (χ0) is 16.7. The van der Waals surface area contributed by atoms with Gasteiger partial charge in [0.25, 0.3) is 0 Å². The highest BCUT2D eigenvalue weighted by Crippen LogP contribution is 2.38. The summed E-state index contributed by atoms with van der Waals surface area (Å²) >= 11 is 0. The topological polar surface area (TPSA) is 74.1 Å². The van der Waals surface area contributed by atoms with E-state index in [1.165, 1.54) is 12.8 Å². The molecule has 0 unspecified atom stereocenters. The standard InChI is InChI=1S/C18H23N5O2/c1-3-14(19-15-7-9-18(10-8-15)24-11-12-25-18)4-2-13(1)17-20-21-22-23(17)16-5-6-16/h1-4,15-16,19H,5-12H2. The molecule has 1 aromatic heterocycles. The third-order valence-electron chi connectivity index (χ3n) is 5.46. The van der Waals surface area contributed by atoms with Gasteiger partial charge in [-0.15, -0.1) is 5.10 Å². The molecule has 0 radical (unpaired) electrons. The Bertz CT molecular complexity index is 724. The molecule has 5 rings (SSSR count). The highest BCUT2D eigenvalue weighted by molar-refractivity contribution is 5.60. The summed E-state index contributed by atoms with van der Waals surface area (Å²) in [5.41, 5.74) is 2.21. The van der Waals surface area contributed by atoms with Gasteiger partial charge in [-0.25, -0.2) is 4.68 Å². The van der Waals surface area contributed by atoms with Crippen molar-refractivity contribution in [3.8, 4) is 11.4 Å². The minimum Gasteiger partial charge on any atom is -0.382 e. The van der Waals surface area contributed by atoms with Crippen molar-refractivity contribution in [3.05, 3.63) is 24.3 Å². The number of aromatic nitrogens is 4. The van der Waals surface area contributed by atoms with Crippen molar-refractivity contribution in [3.63, 3.8) is 0 Å². The maximum absolute atomic E-state index is 5.80. The fourth-order valence-electron chi connectivity index (χ4n) is 3.89. The first-order valence-electron chi connectivity index (χ1n) is 9.24. The summed E-state index contributed by atoms with van der Waals surface area (Å²) in [6.45, 7) is 1.47. The summed E-state index contributed by atoms with van der Waals surface area (Å²) in [5.74, 6) is 0.575. The van der Waals surface area contributed by atoms with Gasteiger partial charge in [-0.1, -0.05) is 0 Å². The Morgan fingerprint density at radius 3 is 2.40 bits per heavy atom. The molecule has 2 heterocycles. The maximum atomic E-state index is 5.80. The number of benzene rings is 1. The fraction of sp³-hybridized carbons (Fsp3) is 0.611. The molecule has 1 aromatic carbocycles. The first-order chi connectivity index (χ1) is 12.3. The summed E-state index contributed by atoms with van der Waals surface area (Å²) in [5, 5.41) is 15.8. The first kappa shape index (κ1) is 15.3. The van der Waals surface area contributed by atoms with Gasteiger partial charge < -0.3 is 14.8 Å². The molecule has 2 aliphatic carbocycles. The number of hydrogen-bond donors (Lipinski definition) is 1. The monoisotopic (exact) mass is 341 g/mol. The summed E-state index contributed by atoms with van der Waals surface area (Å²) in [6.07, 6.45) is 6.43. The van der Waals surface area contributed by atoms with Crippen LogP contribution >= 0.6 is 0 Å². The molecule has 0 atom stereocenters. The fourth-order valence-corrected chi connectivity index (χ4v) is 3.89.